The number of hydrogen-bond donors (Lipinski definition) is 2. The first kappa shape index (κ1) is 16.3. The largest absolute Gasteiger partial charge is 0.339 e. The zero-order valence-corrected chi connectivity index (χ0v) is 13.2. The summed E-state index contributed by atoms with van der Waals surface area (Å²) >= 11 is 1.57. The van der Waals surface area contributed by atoms with Crippen LogP contribution in [-0.4, -0.2) is 38.9 Å². The van der Waals surface area contributed by atoms with Gasteiger partial charge in [0.25, 0.3) is 11.6 Å². The molecule has 1 fully saturated rings. The van der Waals surface area contributed by atoms with Crippen LogP contribution in [0.2, 0.25) is 0 Å². The van der Waals surface area contributed by atoms with Crippen LogP contribution in [0.5, 0.6) is 0 Å². The number of carbonyl (C=O) groups excluding carboxylic acids is 2. The van der Waals surface area contributed by atoms with Crippen molar-refractivity contribution < 1.29 is 19.3 Å². The summed E-state index contributed by atoms with van der Waals surface area (Å²) in [6.07, 6.45) is 3.62. The SMILES string of the molecule is O=C(NOCc1ccc([N+](=O)[O-])cc1)NC1C(=O)N2C=CCS[C@H]12. The second-order valence-electron chi connectivity index (χ2n) is 5.12. The number of urea groups is 1. The van der Waals surface area contributed by atoms with Gasteiger partial charge in [-0.05, 0) is 17.7 Å². The normalized spacial score (nSPS) is 21.7. The third kappa shape index (κ3) is 3.34. The molecular formula is C14H14N4O5S. The van der Waals surface area contributed by atoms with Crippen LogP contribution in [-0.2, 0) is 16.2 Å². The van der Waals surface area contributed by atoms with Gasteiger partial charge in [0, 0.05) is 24.1 Å². The summed E-state index contributed by atoms with van der Waals surface area (Å²) in [6, 6.07) is 4.61. The van der Waals surface area contributed by atoms with Gasteiger partial charge < -0.3 is 10.2 Å². The Morgan fingerprint density at radius 1 is 1.42 bits per heavy atom. The lowest BCUT2D eigenvalue weighted by molar-refractivity contribution is -0.384. The predicted molar refractivity (Wildman–Crippen MR) is 85.6 cm³/mol. The molecule has 1 saturated heterocycles. The number of nitro benzene ring substituents is 1. The van der Waals surface area contributed by atoms with Gasteiger partial charge in [-0.2, -0.15) is 0 Å². The first-order valence-electron chi connectivity index (χ1n) is 7.08. The molecule has 10 heteroatoms. The molecule has 1 unspecified atom stereocenters. The number of nitro groups is 1. The number of carbonyl (C=O) groups is 2. The molecule has 3 amide bonds. The van der Waals surface area contributed by atoms with Crippen molar-refractivity contribution >= 4 is 29.4 Å². The zero-order valence-electron chi connectivity index (χ0n) is 12.4. The summed E-state index contributed by atoms with van der Waals surface area (Å²) in [5.74, 6) is 0.638. The van der Waals surface area contributed by atoms with Crippen molar-refractivity contribution in [3.8, 4) is 0 Å². The van der Waals surface area contributed by atoms with E-state index in [0.29, 0.717) is 5.56 Å². The lowest BCUT2D eigenvalue weighted by Crippen LogP contribution is -2.69. The molecule has 2 heterocycles. The summed E-state index contributed by atoms with van der Waals surface area (Å²) in [7, 11) is 0. The molecule has 2 atom stereocenters. The van der Waals surface area contributed by atoms with E-state index in [-0.39, 0.29) is 23.6 Å². The van der Waals surface area contributed by atoms with Crippen LogP contribution < -0.4 is 10.8 Å². The first-order valence-corrected chi connectivity index (χ1v) is 8.13. The Morgan fingerprint density at radius 3 is 2.88 bits per heavy atom. The van der Waals surface area contributed by atoms with Crippen LogP contribution in [0.3, 0.4) is 0 Å². The van der Waals surface area contributed by atoms with Gasteiger partial charge in [-0.25, -0.2) is 10.3 Å². The van der Waals surface area contributed by atoms with Crippen molar-refractivity contribution in [1.82, 2.24) is 15.7 Å². The van der Waals surface area contributed by atoms with Crippen LogP contribution in [0.1, 0.15) is 5.56 Å². The average molecular weight is 350 g/mol. The van der Waals surface area contributed by atoms with Gasteiger partial charge in [-0.15, -0.1) is 11.8 Å². The average Bonchev–Trinajstić information content (AvgIpc) is 2.60. The Hall–Kier alpha value is -2.59. The van der Waals surface area contributed by atoms with E-state index in [1.807, 2.05) is 6.08 Å². The highest BCUT2D eigenvalue weighted by Gasteiger charge is 2.48. The molecule has 0 spiro atoms. The van der Waals surface area contributed by atoms with E-state index >= 15 is 0 Å². The van der Waals surface area contributed by atoms with E-state index < -0.39 is 17.0 Å². The van der Waals surface area contributed by atoms with Gasteiger partial charge in [0.2, 0.25) is 0 Å². The number of rotatable bonds is 5. The van der Waals surface area contributed by atoms with Crippen molar-refractivity contribution in [3.63, 3.8) is 0 Å². The Morgan fingerprint density at radius 2 is 2.17 bits per heavy atom. The fourth-order valence-corrected chi connectivity index (χ4v) is 3.44. The highest BCUT2D eigenvalue weighted by atomic mass is 32.2. The molecule has 9 nitrogen and oxygen atoms in total. The monoisotopic (exact) mass is 350 g/mol. The second kappa shape index (κ2) is 6.89. The lowest BCUT2D eigenvalue weighted by Gasteiger charge is -2.46. The fraction of sp³-hybridized carbons (Fsp3) is 0.286. The highest BCUT2D eigenvalue weighted by molar-refractivity contribution is 8.00. The molecular weight excluding hydrogens is 336 g/mol. The molecule has 1 aromatic carbocycles. The van der Waals surface area contributed by atoms with Gasteiger partial charge in [-0.3, -0.25) is 19.7 Å². The number of thioether (sulfide) groups is 1. The minimum Gasteiger partial charge on any atom is -0.322 e. The second-order valence-corrected chi connectivity index (χ2v) is 6.27. The Kier molecular flexibility index (Phi) is 4.67. The van der Waals surface area contributed by atoms with E-state index in [2.05, 4.69) is 10.8 Å². The Balaban J connectivity index is 1.42. The predicted octanol–water partition coefficient (Wildman–Crippen LogP) is 1.12. The summed E-state index contributed by atoms with van der Waals surface area (Å²) in [4.78, 5) is 40.3. The van der Waals surface area contributed by atoms with Gasteiger partial charge >= 0.3 is 6.03 Å². The zero-order chi connectivity index (χ0) is 17.1. The minimum absolute atomic E-state index is 0.0171. The van der Waals surface area contributed by atoms with E-state index in [9.17, 15) is 19.7 Å². The molecule has 24 heavy (non-hydrogen) atoms. The van der Waals surface area contributed by atoms with E-state index in [0.717, 1.165) is 5.75 Å². The van der Waals surface area contributed by atoms with Crippen LogP contribution in [0.25, 0.3) is 0 Å². The number of hydroxylamine groups is 1. The van der Waals surface area contributed by atoms with Crippen molar-refractivity contribution in [3.05, 3.63) is 52.2 Å². The van der Waals surface area contributed by atoms with Gasteiger partial charge in [0.15, 0.2) is 0 Å². The van der Waals surface area contributed by atoms with E-state index in [1.54, 1.807) is 22.9 Å². The van der Waals surface area contributed by atoms with Crippen molar-refractivity contribution in [2.24, 2.45) is 0 Å². The van der Waals surface area contributed by atoms with Gasteiger partial charge in [-0.1, -0.05) is 6.08 Å². The third-order valence-corrected chi connectivity index (χ3v) is 4.77. The quantitative estimate of drug-likeness (QED) is 0.467. The third-order valence-electron chi connectivity index (χ3n) is 3.55. The number of hydrogen-bond acceptors (Lipinski definition) is 6. The molecule has 3 rings (SSSR count). The summed E-state index contributed by atoms with van der Waals surface area (Å²) in [6.45, 7) is 0.0526. The number of amides is 3. The maximum absolute atomic E-state index is 11.8. The summed E-state index contributed by atoms with van der Waals surface area (Å²) < 4.78 is 0. The Bertz CT molecular complexity index is 693. The maximum Gasteiger partial charge on any atom is 0.339 e. The molecule has 2 aliphatic rings. The number of β-lactam (4-membered cyclic amide) rings is 1. The Labute approximate surface area is 141 Å². The number of benzene rings is 1. The van der Waals surface area contributed by atoms with Gasteiger partial charge in [0.1, 0.15) is 11.4 Å². The number of nitrogens with one attached hydrogen (secondary N) is 2. The van der Waals surface area contributed by atoms with Crippen molar-refractivity contribution in [2.75, 3.05) is 5.75 Å². The molecule has 126 valence electrons. The van der Waals surface area contributed by atoms with Crippen molar-refractivity contribution in [1.29, 1.82) is 0 Å². The van der Waals surface area contributed by atoms with Crippen LogP contribution in [0.4, 0.5) is 10.5 Å². The topological polar surface area (TPSA) is 114 Å². The number of fused-ring (bicyclic) bond motifs is 1. The summed E-state index contributed by atoms with van der Waals surface area (Å²) in [5.41, 5.74) is 2.85. The molecule has 2 aliphatic heterocycles. The molecule has 0 saturated carbocycles. The number of nitrogens with zero attached hydrogens (tertiary/aromatic N) is 2. The van der Waals surface area contributed by atoms with Crippen LogP contribution in [0, 0.1) is 10.1 Å². The standard InChI is InChI=1S/C14H14N4O5S/c19-12-11(13-17(12)6-1-7-24-13)15-14(20)16-23-8-9-2-4-10(5-3-9)18(21)22/h1-6,11,13H,7-8H2,(H2,15,16,20)/t11?,13-/m1/s1. The lowest BCUT2D eigenvalue weighted by atomic mass is 10.1. The fourth-order valence-electron chi connectivity index (χ4n) is 2.33. The molecule has 0 radical (unpaired) electrons. The van der Waals surface area contributed by atoms with E-state index in [1.165, 1.54) is 24.3 Å². The molecule has 1 aromatic rings. The highest BCUT2D eigenvalue weighted by Crippen LogP contribution is 2.33. The molecule has 0 aromatic heterocycles. The minimum atomic E-state index is -0.606. The number of non-ortho nitro benzene ring substituents is 1. The smallest absolute Gasteiger partial charge is 0.322 e. The molecule has 0 aliphatic carbocycles. The van der Waals surface area contributed by atoms with Crippen LogP contribution in [0.15, 0.2) is 36.5 Å². The van der Waals surface area contributed by atoms with E-state index in [4.69, 9.17) is 4.84 Å². The van der Waals surface area contributed by atoms with Crippen molar-refractivity contribution in [2.45, 2.75) is 18.0 Å². The van der Waals surface area contributed by atoms with Crippen LogP contribution >= 0.6 is 11.8 Å². The first-order chi connectivity index (χ1) is 11.6. The molecule has 0 bridgehead atoms. The van der Waals surface area contributed by atoms with Gasteiger partial charge in [0.05, 0.1) is 11.5 Å². The maximum atomic E-state index is 11.8. The summed E-state index contributed by atoms with van der Waals surface area (Å²) in [5, 5.41) is 13.0. The molecule has 2 N–H and O–H groups in total.